The van der Waals surface area contributed by atoms with Gasteiger partial charge in [0.25, 0.3) is 0 Å². The number of ether oxygens (including phenoxy) is 1. The molecule has 0 saturated heterocycles. The lowest BCUT2D eigenvalue weighted by Crippen LogP contribution is -2.14. The molecule has 0 aliphatic heterocycles. The molecule has 19 heavy (non-hydrogen) atoms. The Hall–Kier alpha value is -1.06. The van der Waals surface area contributed by atoms with Crippen LogP contribution in [0.25, 0.3) is 0 Å². The van der Waals surface area contributed by atoms with Crippen molar-refractivity contribution in [3.63, 3.8) is 0 Å². The molecular formula is C15H21ClO3. The fraction of sp³-hybridized carbons (Fsp3) is 0.533. The predicted octanol–water partition coefficient (Wildman–Crippen LogP) is 3.96. The van der Waals surface area contributed by atoms with Crippen LogP contribution in [-0.2, 0) is 9.53 Å². The van der Waals surface area contributed by atoms with Gasteiger partial charge < -0.3 is 9.84 Å². The topological polar surface area (TPSA) is 46.5 Å². The molecule has 106 valence electrons. The van der Waals surface area contributed by atoms with Crippen LogP contribution in [0.2, 0.25) is 5.02 Å². The van der Waals surface area contributed by atoms with Gasteiger partial charge in [0.2, 0.25) is 0 Å². The number of rotatable bonds is 8. The molecule has 0 radical (unpaired) electrons. The summed E-state index contributed by atoms with van der Waals surface area (Å²) >= 11 is 5.80. The molecule has 1 rings (SSSR count). The normalized spacial score (nSPS) is 12.6. The summed E-state index contributed by atoms with van der Waals surface area (Å²) < 4.78 is 5.48. The van der Waals surface area contributed by atoms with Gasteiger partial charge in [0.1, 0.15) is 0 Å². The van der Waals surface area contributed by atoms with Crippen LogP contribution in [0.1, 0.15) is 38.2 Å². The number of carboxylic acid groups (broad SMARTS) is 1. The minimum Gasteiger partial charge on any atom is -0.481 e. The zero-order valence-corrected chi connectivity index (χ0v) is 12.2. The highest BCUT2D eigenvalue weighted by Crippen LogP contribution is 2.22. The Kier molecular flexibility index (Phi) is 6.89. The average molecular weight is 285 g/mol. The largest absolute Gasteiger partial charge is 0.481 e. The minimum atomic E-state index is -0.824. The summed E-state index contributed by atoms with van der Waals surface area (Å²) in [5.41, 5.74) is 0.768. The number of benzene rings is 1. The van der Waals surface area contributed by atoms with Crippen LogP contribution in [0.4, 0.5) is 0 Å². The fourth-order valence-electron chi connectivity index (χ4n) is 1.75. The van der Waals surface area contributed by atoms with Gasteiger partial charge in [-0.3, -0.25) is 4.79 Å². The van der Waals surface area contributed by atoms with Crippen LogP contribution in [0.15, 0.2) is 24.3 Å². The molecule has 1 aromatic rings. The number of carboxylic acids is 1. The summed E-state index contributed by atoms with van der Waals surface area (Å²) in [5.74, 6) is -0.752. The Labute approximate surface area is 119 Å². The van der Waals surface area contributed by atoms with E-state index < -0.39 is 11.9 Å². The van der Waals surface area contributed by atoms with Gasteiger partial charge in [-0.15, -0.1) is 0 Å². The first-order valence-corrected chi connectivity index (χ1v) is 6.94. The number of hydrogen-bond acceptors (Lipinski definition) is 2. The Morgan fingerprint density at radius 1 is 1.21 bits per heavy atom. The maximum Gasteiger partial charge on any atom is 0.311 e. The van der Waals surface area contributed by atoms with Crippen LogP contribution in [0, 0.1) is 5.92 Å². The van der Waals surface area contributed by atoms with Gasteiger partial charge in [0, 0.05) is 18.2 Å². The van der Waals surface area contributed by atoms with Crippen molar-refractivity contribution in [2.45, 2.75) is 32.6 Å². The van der Waals surface area contributed by atoms with E-state index in [-0.39, 0.29) is 0 Å². The lowest BCUT2D eigenvalue weighted by Gasteiger charge is -2.13. The van der Waals surface area contributed by atoms with E-state index in [1.807, 2.05) is 0 Å². The average Bonchev–Trinajstić information content (AvgIpc) is 2.34. The smallest absolute Gasteiger partial charge is 0.311 e. The van der Waals surface area contributed by atoms with E-state index in [1.54, 1.807) is 24.3 Å². The highest BCUT2D eigenvalue weighted by Gasteiger charge is 2.19. The van der Waals surface area contributed by atoms with Gasteiger partial charge in [0.15, 0.2) is 0 Å². The standard InChI is InChI=1S/C15H21ClO3/c1-11(2)7-9-19-10-8-14(15(17)18)12-3-5-13(16)6-4-12/h3-6,11,14H,7-10H2,1-2H3,(H,17,18). The van der Waals surface area contributed by atoms with Crippen LogP contribution < -0.4 is 0 Å². The summed E-state index contributed by atoms with van der Waals surface area (Å²) in [4.78, 5) is 11.3. The van der Waals surface area contributed by atoms with Crippen LogP contribution in [0.3, 0.4) is 0 Å². The molecule has 0 fully saturated rings. The van der Waals surface area contributed by atoms with Crippen molar-refractivity contribution in [1.82, 2.24) is 0 Å². The second kappa shape index (κ2) is 8.18. The minimum absolute atomic E-state index is 0.465. The van der Waals surface area contributed by atoms with Gasteiger partial charge in [-0.05, 0) is 36.5 Å². The summed E-state index contributed by atoms with van der Waals surface area (Å²) in [6, 6.07) is 6.95. The third-order valence-electron chi connectivity index (χ3n) is 2.96. The van der Waals surface area contributed by atoms with Crippen LogP contribution in [0.5, 0.6) is 0 Å². The maximum absolute atomic E-state index is 11.3. The maximum atomic E-state index is 11.3. The second-order valence-electron chi connectivity index (χ2n) is 5.03. The number of aliphatic carboxylic acids is 1. The Balaban J connectivity index is 2.45. The third kappa shape index (κ3) is 6.08. The quantitative estimate of drug-likeness (QED) is 0.735. The summed E-state index contributed by atoms with van der Waals surface area (Å²) in [7, 11) is 0. The summed E-state index contributed by atoms with van der Waals surface area (Å²) in [6.07, 6.45) is 1.48. The fourth-order valence-corrected chi connectivity index (χ4v) is 1.88. The van der Waals surface area contributed by atoms with E-state index in [9.17, 15) is 9.90 Å². The van der Waals surface area contributed by atoms with Gasteiger partial charge in [-0.25, -0.2) is 0 Å². The summed E-state index contributed by atoms with van der Waals surface area (Å²) in [6.45, 7) is 5.42. The molecule has 1 N–H and O–H groups in total. The number of hydrogen-bond donors (Lipinski definition) is 1. The van der Waals surface area contributed by atoms with Crippen molar-refractivity contribution in [1.29, 1.82) is 0 Å². The van der Waals surface area contributed by atoms with Crippen molar-refractivity contribution >= 4 is 17.6 Å². The Bertz CT molecular complexity index is 387. The molecule has 0 aliphatic rings. The van der Waals surface area contributed by atoms with E-state index in [0.717, 1.165) is 12.0 Å². The molecule has 1 atom stereocenters. The van der Waals surface area contributed by atoms with Crippen LogP contribution >= 0.6 is 11.6 Å². The molecule has 0 spiro atoms. The lowest BCUT2D eigenvalue weighted by atomic mass is 9.96. The molecule has 3 nitrogen and oxygen atoms in total. The monoisotopic (exact) mass is 284 g/mol. The molecule has 0 aliphatic carbocycles. The van der Waals surface area contributed by atoms with Crippen molar-refractivity contribution < 1.29 is 14.6 Å². The highest BCUT2D eigenvalue weighted by atomic mass is 35.5. The van der Waals surface area contributed by atoms with E-state index in [1.165, 1.54) is 0 Å². The predicted molar refractivity (Wildman–Crippen MR) is 76.7 cm³/mol. The molecule has 0 saturated carbocycles. The van der Waals surface area contributed by atoms with E-state index >= 15 is 0 Å². The molecule has 1 aromatic carbocycles. The number of halogens is 1. The highest BCUT2D eigenvalue weighted by molar-refractivity contribution is 6.30. The first kappa shape index (κ1) is 16.0. The van der Waals surface area contributed by atoms with Gasteiger partial charge in [-0.2, -0.15) is 0 Å². The van der Waals surface area contributed by atoms with E-state index in [0.29, 0.717) is 30.6 Å². The Morgan fingerprint density at radius 3 is 2.32 bits per heavy atom. The molecule has 0 amide bonds. The molecule has 4 heteroatoms. The van der Waals surface area contributed by atoms with Gasteiger partial charge in [0.05, 0.1) is 5.92 Å². The van der Waals surface area contributed by atoms with Crippen molar-refractivity contribution in [2.24, 2.45) is 5.92 Å². The third-order valence-corrected chi connectivity index (χ3v) is 3.21. The van der Waals surface area contributed by atoms with E-state index in [2.05, 4.69) is 13.8 Å². The van der Waals surface area contributed by atoms with Crippen molar-refractivity contribution in [2.75, 3.05) is 13.2 Å². The molecule has 0 heterocycles. The van der Waals surface area contributed by atoms with Crippen molar-refractivity contribution in [3.8, 4) is 0 Å². The van der Waals surface area contributed by atoms with Crippen LogP contribution in [-0.4, -0.2) is 24.3 Å². The molecular weight excluding hydrogens is 264 g/mol. The van der Waals surface area contributed by atoms with Gasteiger partial charge in [-0.1, -0.05) is 37.6 Å². The van der Waals surface area contributed by atoms with E-state index in [4.69, 9.17) is 16.3 Å². The first-order valence-electron chi connectivity index (χ1n) is 6.56. The zero-order chi connectivity index (χ0) is 14.3. The SMILES string of the molecule is CC(C)CCOCCC(C(=O)O)c1ccc(Cl)cc1. The molecule has 1 unspecified atom stereocenters. The second-order valence-corrected chi connectivity index (χ2v) is 5.46. The lowest BCUT2D eigenvalue weighted by molar-refractivity contribution is -0.139. The number of carbonyl (C=O) groups is 1. The van der Waals surface area contributed by atoms with Gasteiger partial charge >= 0.3 is 5.97 Å². The zero-order valence-electron chi connectivity index (χ0n) is 11.4. The Morgan fingerprint density at radius 2 is 1.79 bits per heavy atom. The first-order chi connectivity index (χ1) is 9.00. The molecule has 0 bridgehead atoms. The van der Waals surface area contributed by atoms with Crippen molar-refractivity contribution in [3.05, 3.63) is 34.9 Å². The summed E-state index contributed by atoms with van der Waals surface area (Å²) in [5, 5.41) is 9.86. The molecule has 0 aromatic heterocycles.